The fraction of sp³-hybridized carbons (Fsp3) is 0.923. The first kappa shape index (κ1) is 18.2. The van der Waals surface area contributed by atoms with Gasteiger partial charge in [-0.05, 0) is 6.42 Å². The van der Waals surface area contributed by atoms with Crippen molar-refractivity contribution in [2.24, 2.45) is 5.73 Å². The lowest BCUT2D eigenvalue weighted by molar-refractivity contribution is -0.130. The van der Waals surface area contributed by atoms with Gasteiger partial charge in [-0.2, -0.15) is 13.2 Å². The molecule has 0 saturated carbocycles. The van der Waals surface area contributed by atoms with Crippen molar-refractivity contribution in [1.29, 1.82) is 0 Å². The minimum Gasteiger partial charge on any atom is -0.368 e. The zero-order chi connectivity index (χ0) is 14.7. The molecule has 1 atom stereocenters. The summed E-state index contributed by atoms with van der Waals surface area (Å²) in [5.41, 5.74) is 5.08. The number of carbonyl (C=O) groups is 1. The van der Waals surface area contributed by atoms with E-state index < -0.39 is 24.7 Å². The summed E-state index contributed by atoms with van der Waals surface area (Å²) in [5, 5.41) is 2.17. The lowest BCUT2D eigenvalue weighted by Gasteiger charge is -2.16. The van der Waals surface area contributed by atoms with E-state index in [9.17, 15) is 18.0 Å². The number of amides is 1. The van der Waals surface area contributed by atoms with Crippen LogP contribution in [0.1, 0.15) is 58.3 Å². The molecule has 0 aromatic rings. The highest BCUT2D eigenvalue weighted by atomic mass is 19.4. The summed E-state index contributed by atoms with van der Waals surface area (Å²) < 4.78 is 36.1. The van der Waals surface area contributed by atoms with Gasteiger partial charge in [0.2, 0.25) is 5.91 Å². The Morgan fingerprint density at radius 3 is 2.11 bits per heavy atom. The average Bonchev–Trinajstić information content (AvgIpc) is 2.30. The van der Waals surface area contributed by atoms with E-state index >= 15 is 0 Å². The molecular weight excluding hydrogens is 257 g/mol. The van der Waals surface area contributed by atoms with E-state index in [0.29, 0.717) is 6.42 Å². The second kappa shape index (κ2) is 10.1. The van der Waals surface area contributed by atoms with E-state index in [4.69, 9.17) is 5.73 Å². The monoisotopic (exact) mass is 282 g/mol. The molecule has 0 rings (SSSR count). The molecule has 6 heteroatoms. The first-order valence-electron chi connectivity index (χ1n) is 6.96. The molecular formula is C13H25F3N2O. The number of carbonyl (C=O) groups excluding carboxylic acids is 1. The molecule has 1 unspecified atom stereocenters. The standard InChI is InChI=1S/C13H25F3N2O/c1-2-3-4-5-6-7-8-9-11(12(17)19)18-10-13(14,15)16/h11,18H,2-10H2,1H3,(H2,17,19). The van der Waals surface area contributed by atoms with Crippen LogP contribution in [0.25, 0.3) is 0 Å². The van der Waals surface area contributed by atoms with Crippen LogP contribution in [-0.2, 0) is 4.79 Å². The molecule has 0 saturated heterocycles. The van der Waals surface area contributed by atoms with Gasteiger partial charge in [-0.3, -0.25) is 10.1 Å². The smallest absolute Gasteiger partial charge is 0.368 e. The Bertz CT molecular complexity index is 245. The number of halogens is 3. The normalized spacial score (nSPS) is 13.5. The van der Waals surface area contributed by atoms with Crippen molar-refractivity contribution < 1.29 is 18.0 Å². The molecule has 3 nitrogen and oxygen atoms in total. The van der Waals surface area contributed by atoms with Gasteiger partial charge in [-0.1, -0.05) is 51.9 Å². The van der Waals surface area contributed by atoms with Gasteiger partial charge in [0.25, 0.3) is 0 Å². The van der Waals surface area contributed by atoms with Crippen LogP contribution in [0.3, 0.4) is 0 Å². The highest BCUT2D eigenvalue weighted by Crippen LogP contribution is 2.14. The second-order valence-corrected chi connectivity index (χ2v) is 4.86. The lowest BCUT2D eigenvalue weighted by atomic mass is 10.0. The number of alkyl halides is 3. The fourth-order valence-corrected chi connectivity index (χ4v) is 1.89. The van der Waals surface area contributed by atoms with E-state index in [1.54, 1.807) is 0 Å². The Labute approximate surface area is 113 Å². The van der Waals surface area contributed by atoms with Crippen LogP contribution in [0.15, 0.2) is 0 Å². The molecule has 3 N–H and O–H groups in total. The van der Waals surface area contributed by atoms with Crippen molar-refractivity contribution in [3.05, 3.63) is 0 Å². The Morgan fingerprint density at radius 2 is 1.63 bits per heavy atom. The van der Waals surface area contributed by atoms with Gasteiger partial charge in [0, 0.05) is 0 Å². The Morgan fingerprint density at radius 1 is 1.11 bits per heavy atom. The molecule has 1 amide bonds. The lowest BCUT2D eigenvalue weighted by Crippen LogP contribution is -2.45. The first-order chi connectivity index (χ1) is 8.87. The van der Waals surface area contributed by atoms with Gasteiger partial charge in [0.1, 0.15) is 0 Å². The molecule has 0 aliphatic rings. The third-order valence-corrected chi connectivity index (χ3v) is 2.99. The van der Waals surface area contributed by atoms with Gasteiger partial charge in [0.15, 0.2) is 0 Å². The molecule has 0 aromatic carbocycles. The fourth-order valence-electron chi connectivity index (χ4n) is 1.89. The SMILES string of the molecule is CCCCCCCCCC(NCC(F)(F)F)C(N)=O. The Kier molecular flexibility index (Phi) is 9.65. The second-order valence-electron chi connectivity index (χ2n) is 4.86. The summed E-state index contributed by atoms with van der Waals surface area (Å²) in [6, 6.07) is -0.878. The molecule has 19 heavy (non-hydrogen) atoms. The zero-order valence-corrected chi connectivity index (χ0v) is 11.6. The molecule has 0 aliphatic carbocycles. The first-order valence-corrected chi connectivity index (χ1v) is 6.96. The van der Waals surface area contributed by atoms with Crippen molar-refractivity contribution in [2.45, 2.75) is 70.5 Å². The third-order valence-electron chi connectivity index (χ3n) is 2.99. The Balaban J connectivity index is 3.69. The van der Waals surface area contributed by atoms with Crippen LogP contribution in [0.5, 0.6) is 0 Å². The summed E-state index contributed by atoms with van der Waals surface area (Å²) in [6.07, 6.45) is 3.53. The van der Waals surface area contributed by atoms with Gasteiger partial charge in [-0.25, -0.2) is 0 Å². The average molecular weight is 282 g/mol. The minimum absolute atomic E-state index is 0.374. The number of nitrogens with two attached hydrogens (primary N) is 1. The van der Waals surface area contributed by atoms with Gasteiger partial charge in [0.05, 0.1) is 12.6 Å². The van der Waals surface area contributed by atoms with E-state index in [-0.39, 0.29) is 0 Å². The van der Waals surface area contributed by atoms with Crippen LogP contribution < -0.4 is 11.1 Å². The van der Waals surface area contributed by atoms with E-state index in [1.807, 2.05) is 0 Å². The minimum atomic E-state index is -4.31. The van der Waals surface area contributed by atoms with E-state index in [0.717, 1.165) is 25.7 Å². The van der Waals surface area contributed by atoms with E-state index in [2.05, 4.69) is 12.2 Å². The highest BCUT2D eigenvalue weighted by Gasteiger charge is 2.29. The van der Waals surface area contributed by atoms with Crippen molar-refractivity contribution in [3.63, 3.8) is 0 Å². The Hall–Kier alpha value is -0.780. The molecule has 0 fully saturated rings. The molecule has 0 radical (unpaired) electrons. The molecule has 0 spiro atoms. The largest absolute Gasteiger partial charge is 0.401 e. The zero-order valence-electron chi connectivity index (χ0n) is 11.6. The van der Waals surface area contributed by atoms with Crippen molar-refractivity contribution >= 4 is 5.91 Å². The number of rotatable bonds is 11. The van der Waals surface area contributed by atoms with Gasteiger partial charge < -0.3 is 5.73 Å². The predicted octanol–water partition coefficient (Wildman–Crippen LogP) is 3.13. The van der Waals surface area contributed by atoms with E-state index in [1.165, 1.54) is 19.3 Å². The summed E-state index contributed by atoms with van der Waals surface area (Å²) in [5.74, 6) is -0.713. The number of primary amides is 1. The number of hydrogen-bond donors (Lipinski definition) is 2. The number of nitrogens with one attached hydrogen (secondary N) is 1. The molecule has 0 aliphatic heterocycles. The highest BCUT2D eigenvalue weighted by molar-refractivity contribution is 5.79. The topological polar surface area (TPSA) is 55.1 Å². The maximum absolute atomic E-state index is 12.0. The quantitative estimate of drug-likeness (QED) is 0.572. The van der Waals surface area contributed by atoms with Crippen molar-refractivity contribution in [3.8, 4) is 0 Å². The van der Waals surface area contributed by atoms with Crippen LogP contribution in [0.2, 0.25) is 0 Å². The maximum atomic E-state index is 12.0. The summed E-state index contributed by atoms with van der Waals surface area (Å²) in [7, 11) is 0. The molecule has 0 heterocycles. The van der Waals surface area contributed by atoms with Crippen LogP contribution in [0, 0.1) is 0 Å². The number of hydrogen-bond acceptors (Lipinski definition) is 2. The predicted molar refractivity (Wildman–Crippen MR) is 69.7 cm³/mol. The maximum Gasteiger partial charge on any atom is 0.401 e. The molecule has 114 valence electrons. The van der Waals surface area contributed by atoms with Gasteiger partial charge in [-0.15, -0.1) is 0 Å². The molecule has 0 aromatic heterocycles. The van der Waals surface area contributed by atoms with Crippen LogP contribution in [0.4, 0.5) is 13.2 Å². The number of unbranched alkanes of at least 4 members (excludes halogenated alkanes) is 6. The summed E-state index contributed by atoms with van der Waals surface area (Å²) in [6.45, 7) is 0.973. The van der Waals surface area contributed by atoms with Gasteiger partial charge >= 0.3 is 6.18 Å². The molecule has 0 bridgehead atoms. The van der Waals surface area contributed by atoms with Crippen LogP contribution >= 0.6 is 0 Å². The summed E-state index contributed by atoms with van der Waals surface area (Å²) >= 11 is 0. The van der Waals surface area contributed by atoms with Crippen molar-refractivity contribution in [1.82, 2.24) is 5.32 Å². The summed E-state index contributed by atoms with van der Waals surface area (Å²) in [4.78, 5) is 11.0. The van der Waals surface area contributed by atoms with Crippen molar-refractivity contribution in [2.75, 3.05) is 6.54 Å². The van der Waals surface area contributed by atoms with Crippen LogP contribution in [-0.4, -0.2) is 24.7 Å². The third kappa shape index (κ3) is 12.0.